The maximum atomic E-state index is 5.71. The van der Waals surface area contributed by atoms with Gasteiger partial charge < -0.3 is 5.73 Å². The fraction of sp³-hybridized carbons (Fsp3) is 0.250. The van der Waals surface area contributed by atoms with Crippen molar-refractivity contribution in [2.75, 3.05) is 0 Å². The molecule has 1 aromatic rings. The third-order valence-corrected chi connectivity index (χ3v) is 2.30. The average molecular weight is 188 g/mol. The van der Waals surface area contributed by atoms with Crippen LogP contribution in [0.2, 0.25) is 5.02 Å². The molecule has 0 amide bonds. The van der Waals surface area contributed by atoms with Gasteiger partial charge in [0.25, 0.3) is 0 Å². The molecule has 60 valence electrons. The molecule has 0 bridgehead atoms. The molecule has 0 aromatic heterocycles. The third kappa shape index (κ3) is 3.14. The second-order valence-corrected chi connectivity index (χ2v) is 4.16. The number of hydrogen-bond acceptors (Lipinski definition) is 2. The van der Waals surface area contributed by atoms with Crippen LogP contribution in [-0.4, -0.2) is 5.37 Å². The molecule has 1 aromatic carbocycles. The highest BCUT2D eigenvalue weighted by molar-refractivity contribution is 7.99. The van der Waals surface area contributed by atoms with Crippen molar-refractivity contribution in [2.24, 2.45) is 5.73 Å². The number of rotatable bonds is 2. The maximum absolute atomic E-state index is 5.71. The summed E-state index contributed by atoms with van der Waals surface area (Å²) in [5.41, 5.74) is 5.59. The molecule has 0 radical (unpaired) electrons. The molecule has 1 nitrogen and oxygen atoms in total. The minimum absolute atomic E-state index is 0.135. The minimum Gasteiger partial charge on any atom is -0.319 e. The van der Waals surface area contributed by atoms with Crippen molar-refractivity contribution in [3.05, 3.63) is 29.3 Å². The highest BCUT2D eigenvalue weighted by Gasteiger charge is 1.96. The number of benzene rings is 1. The van der Waals surface area contributed by atoms with Gasteiger partial charge in [-0.15, -0.1) is 11.8 Å². The second kappa shape index (κ2) is 4.00. The molecule has 1 unspecified atom stereocenters. The Morgan fingerprint density at radius 3 is 2.36 bits per heavy atom. The van der Waals surface area contributed by atoms with Crippen molar-refractivity contribution in [3.8, 4) is 0 Å². The summed E-state index contributed by atoms with van der Waals surface area (Å²) in [6, 6.07) is 7.67. The SMILES string of the molecule is CC(N)Sc1ccc(Cl)cc1. The largest absolute Gasteiger partial charge is 0.319 e. The Balaban J connectivity index is 2.66. The van der Waals surface area contributed by atoms with Crippen molar-refractivity contribution in [2.45, 2.75) is 17.2 Å². The number of halogens is 1. The van der Waals surface area contributed by atoms with Crippen LogP contribution in [-0.2, 0) is 0 Å². The number of thioether (sulfide) groups is 1. The van der Waals surface area contributed by atoms with Gasteiger partial charge in [0, 0.05) is 9.92 Å². The monoisotopic (exact) mass is 187 g/mol. The van der Waals surface area contributed by atoms with Crippen molar-refractivity contribution in [3.63, 3.8) is 0 Å². The highest BCUT2D eigenvalue weighted by Crippen LogP contribution is 2.21. The van der Waals surface area contributed by atoms with Crippen LogP contribution in [0.1, 0.15) is 6.92 Å². The molecule has 0 saturated carbocycles. The van der Waals surface area contributed by atoms with E-state index >= 15 is 0 Å². The van der Waals surface area contributed by atoms with Gasteiger partial charge in [-0.1, -0.05) is 11.6 Å². The second-order valence-electron chi connectivity index (χ2n) is 2.28. The lowest BCUT2D eigenvalue weighted by molar-refractivity contribution is 1.04. The van der Waals surface area contributed by atoms with Crippen molar-refractivity contribution in [1.29, 1.82) is 0 Å². The fourth-order valence-corrected chi connectivity index (χ4v) is 1.58. The molecule has 0 spiro atoms. The summed E-state index contributed by atoms with van der Waals surface area (Å²) in [4.78, 5) is 1.16. The fourth-order valence-electron chi connectivity index (χ4n) is 0.728. The topological polar surface area (TPSA) is 26.0 Å². The zero-order valence-corrected chi connectivity index (χ0v) is 7.82. The lowest BCUT2D eigenvalue weighted by atomic mass is 10.4. The quantitative estimate of drug-likeness (QED) is 0.569. The third-order valence-electron chi connectivity index (χ3n) is 1.14. The van der Waals surface area contributed by atoms with Crippen LogP contribution in [0.25, 0.3) is 0 Å². The Kier molecular flexibility index (Phi) is 3.24. The molecular formula is C8H10ClNS. The van der Waals surface area contributed by atoms with E-state index in [-0.39, 0.29) is 5.37 Å². The first-order chi connectivity index (χ1) is 5.18. The van der Waals surface area contributed by atoms with Crippen LogP contribution < -0.4 is 5.73 Å². The normalized spacial score (nSPS) is 13.0. The predicted octanol–water partition coefficient (Wildman–Crippen LogP) is 2.74. The van der Waals surface area contributed by atoms with Gasteiger partial charge in [-0.3, -0.25) is 0 Å². The first-order valence-electron chi connectivity index (χ1n) is 3.36. The first-order valence-corrected chi connectivity index (χ1v) is 4.62. The molecule has 0 aliphatic carbocycles. The van der Waals surface area contributed by atoms with Crippen LogP contribution in [0.4, 0.5) is 0 Å². The van der Waals surface area contributed by atoms with Crippen LogP contribution >= 0.6 is 23.4 Å². The summed E-state index contributed by atoms with van der Waals surface area (Å²) < 4.78 is 0. The Hall–Kier alpha value is -0.180. The molecular weight excluding hydrogens is 178 g/mol. The summed E-state index contributed by atoms with van der Waals surface area (Å²) in [5, 5.41) is 0.898. The summed E-state index contributed by atoms with van der Waals surface area (Å²) in [7, 11) is 0. The molecule has 0 aliphatic heterocycles. The molecule has 3 heteroatoms. The van der Waals surface area contributed by atoms with Crippen LogP contribution in [0, 0.1) is 0 Å². The molecule has 2 N–H and O–H groups in total. The smallest absolute Gasteiger partial charge is 0.0525 e. The van der Waals surface area contributed by atoms with Gasteiger partial charge in [-0.05, 0) is 31.2 Å². The van der Waals surface area contributed by atoms with E-state index in [9.17, 15) is 0 Å². The lowest BCUT2D eigenvalue weighted by Gasteiger charge is -2.03. The van der Waals surface area contributed by atoms with E-state index in [1.165, 1.54) is 0 Å². The van der Waals surface area contributed by atoms with Crippen molar-refractivity contribution in [1.82, 2.24) is 0 Å². The van der Waals surface area contributed by atoms with Gasteiger partial charge in [0.05, 0.1) is 5.37 Å². The van der Waals surface area contributed by atoms with Crippen LogP contribution in [0.15, 0.2) is 29.2 Å². The van der Waals surface area contributed by atoms with Gasteiger partial charge >= 0.3 is 0 Å². The molecule has 11 heavy (non-hydrogen) atoms. The van der Waals surface area contributed by atoms with E-state index in [0.717, 1.165) is 9.92 Å². The summed E-state index contributed by atoms with van der Waals surface area (Å²) in [6.45, 7) is 1.96. The maximum Gasteiger partial charge on any atom is 0.0525 e. The predicted molar refractivity (Wildman–Crippen MR) is 51.0 cm³/mol. The summed E-state index contributed by atoms with van der Waals surface area (Å²) >= 11 is 7.33. The van der Waals surface area contributed by atoms with E-state index < -0.39 is 0 Å². The Morgan fingerprint density at radius 2 is 1.91 bits per heavy atom. The van der Waals surface area contributed by atoms with Crippen LogP contribution in [0.5, 0.6) is 0 Å². The summed E-state index contributed by atoms with van der Waals surface area (Å²) in [6.07, 6.45) is 0. The van der Waals surface area contributed by atoms with E-state index in [4.69, 9.17) is 17.3 Å². The number of nitrogens with two attached hydrogens (primary N) is 1. The molecule has 0 fully saturated rings. The van der Waals surface area contributed by atoms with Gasteiger partial charge in [0.15, 0.2) is 0 Å². The molecule has 0 aliphatic rings. The molecule has 1 rings (SSSR count). The van der Waals surface area contributed by atoms with Crippen molar-refractivity contribution < 1.29 is 0 Å². The van der Waals surface area contributed by atoms with E-state index in [1.54, 1.807) is 11.8 Å². The van der Waals surface area contributed by atoms with Crippen LogP contribution in [0.3, 0.4) is 0 Å². The average Bonchev–Trinajstić information content (AvgIpc) is 1.93. The lowest BCUT2D eigenvalue weighted by Crippen LogP contribution is -2.08. The molecule has 0 saturated heterocycles. The first kappa shape index (κ1) is 8.91. The van der Waals surface area contributed by atoms with Gasteiger partial charge in [-0.25, -0.2) is 0 Å². The zero-order valence-electron chi connectivity index (χ0n) is 6.25. The van der Waals surface area contributed by atoms with Gasteiger partial charge in [-0.2, -0.15) is 0 Å². The molecule has 1 atom stereocenters. The van der Waals surface area contributed by atoms with E-state index in [0.29, 0.717) is 0 Å². The minimum atomic E-state index is 0.135. The zero-order chi connectivity index (χ0) is 8.27. The van der Waals surface area contributed by atoms with E-state index in [1.807, 2.05) is 31.2 Å². The Morgan fingerprint density at radius 1 is 1.36 bits per heavy atom. The highest BCUT2D eigenvalue weighted by atomic mass is 35.5. The van der Waals surface area contributed by atoms with Crippen molar-refractivity contribution >= 4 is 23.4 Å². The number of hydrogen-bond donors (Lipinski definition) is 1. The van der Waals surface area contributed by atoms with E-state index in [2.05, 4.69) is 0 Å². The van der Waals surface area contributed by atoms with Gasteiger partial charge in [0.2, 0.25) is 0 Å². The summed E-state index contributed by atoms with van der Waals surface area (Å²) in [5.74, 6) is 0. The Bertz CT molecular complexity index is 220. The standard InChI is InChI=1S/C8H10ClNS/c1-6(10)11-8-4-2-7(9)3-5-8/h2-6H,10H2,1H3. The molecule has 0 heterocycles. The Labute approximate surface area is 75.9 Å². The van der Waals surface area contributed by atoms with Gasteiger partial charge in [0.1, 0.15) is 0 Å².